The van der Waals surface area contributed by atoms with Crippen LogP contribution in [0.2, 0.25) is 0 Å². The molecule has 0 atom stereocenters. The van der Waals surface area contributed by atoms with Crippen LogP contribution in [-0.4, -0.2) is 10.9 Å². The van der Waals surface area contributed by atoms with Gasteiger partial charge >= 0.3 is 0 Å². The first-order valence-corrected chi connectivity index (χ1v) is 3.63. The first kappa shape index (κ1) is 9.07. The molecule has 4 N–H and O–H groups in total. The molecule has 0 aliphatic heterocycles. The molecule has 13 heavy (non-hydrogen) atoms. The van der Waals surface area contributed by atoms with Crippen LogP contribution in [0.15, 0.2) is 12.3 Å². The Morgan fingerprint density at radius 1 is 1.62 bits per heavy atom. The van der Waals surface area contributed by atoms with Gasteiger partial charge in [0.2, 0.25) is 0 Å². The number of nitrogens with zero attached hydrogens (tertiary/aromatic N) is 1. The molecule has 0 saturated carbocycles. The molecule has 0 radical (unpaired) electrons. The van der Waals surface area contributed by atoms with Crippen LogP contribution in [0.4, 0.5) is 5.69 Å². The zero-order valence-corrected chi connectivity index (χ0v) is 7.16. The zero-order valence-electron chi connectivity index (χ0n) is 7.16. The Labute approximate surface area is 76.0 Å². The van der Waals surface area contributed by atoms with E-state index in [9.17, 15) is 4.79 Å². The highest BCUT2D eigenvalue weighted by Crippen LogP contribution is 2.07. The lowest BCUT2D eigenvalue weighted by Crippen LogP contribution is -2.06. The first-order valence-electron chi connectivity index (χ1n) is 3.63. The summed E-state index contributed by atoms with van der Waals surface area (Å²) in [7, 11) is 0. The Bertz CT molecular complexity index is 401. The van der Waals surface area contributed by atoms with E-state index < -0.39 is 5.91 Å². The minimum atomic E-state index is -0.667. The van der Waals surface area contributed by atoms with E-state index in [1.165, 1.54) is 0 Å². The highest BCUT2D eigenvalue weighted by Gasteiger charge is 1.94. The summed E-state index contributed by atoms with van der Waals surface area (Å²) in [6.07, 6.45) is 1.54. The average molecular weight is 175 g/mol. The number of pyridine rings is 1. The minimum Gasteiger partial charge on any atom is -0.397 e. The van der Waals surface area contributed by atoms with E-state index in [0.717, 1.165) is 5.69 Å². The molecule has 0 aromatic carbocycles. The summed E-state index contributed by atoms with van der Waals surface area (Å²) >= 11 is 0. The van der Waals surface area contributed by atoms with E-state index in [1.807, 2.05) is 0 Å². The lowest BCUT2D eigenvalue weighted by molar-refractivity contribution is -0.112. The van der Waals surface area contributed by atoms with Crippen molar-refractivity contribution in [2.24, 2.45) is 5.73 Å². The Hall–Kier alpha value is -2.02. The van der Waals surface area contributed by atoms with Crippen LogP contribution >= 0.6 is 0 Å². The normalized spacial score (nSPS) is 8.69. The predicted molar refractivity (Wildman–Crippen MR) is 49.5 cm³/mol. The molecule has 1 rings (SSSR count). The fourth-order valence-corrected chi connectivity index (χ4v) is 0.752. The van der Waals surface area contributed by atoms with E-state index in [4.69, 9.17) is 11.5 Å². The lowest BCUT2D eigenvalue weighted by Gasteiger charge is -1.97. The van der Waals surface area contributed by atoms with Gasteiger partial charge in [-0.3, -0.25) is 9.78 Å². The number of carbonyl (C=O) groups excluding carboxylic acids is 1. The number of rotatable bonds is 0. The molecule has 1 amide bonds. The summed E-state index contributed by atoms with van der Waals surface area (Å²) in [6.45, 7) is 1.79. The van der Waals surface area contributed by atoms with Crippen molar-refractivity contribution >= 4 is 11.6 Å². The summed E-state index contributed by atoms with van der Waals surface area (Å²) in [5, 5.41) is 0. The lowest BCUT2D eigenvalue weighted by atomic mass is 10.2. The number of amides is 1. The molecule has 1 aromatic rings. The van der Waals surface area contributed by atoms with Crippen LogP contribution in [0.3, 0.4) is 0 Å². The number of aromatic nitrogens is 1. The highest BCUT2D eigenvalue weighted by atomic mass is 16.1. The monoisotopic (exact) mass is 175 g/mol. The summed E-state index contributed by atoms with van der Waals surface area (Å²) in [5.41, 5.74) is 12.3. The number of hydrogen-bond acceptors (Lipinski definition) is 3. The minimum absolute atomic E-state index is 0.552. The molecule has 4 heteroatoms. The van der Waals surface area contributed by atoms with Gasteiger partial charge in [0.1, 0.15) is 0 Å². The van der Waals surface area contributed by atoms with Crippen molar-refractivity contribution in [2.75, 3.05) is 5.73 Å². The van der Waals surface area contributed by atoms with Crippen LogP contribution in [0.25, 0.3) is 0 Å². The van der Waals surface area contributed by atoms with Crippen molar-refractivity contribution in [3.05, 3.63) is 23.5 Å². The van der Waals surface area contributed by atoms with Crippen LogP contribution in [-0.2, 0) is 4.79 Å². The maximum atomic E-state index is 10.3. The molecular formula is C9H9N3O. The molecule has 0 fully saturated rings. The Balaban J connectivity index is 3.00. The van der Waals surface area contributed by atoms with Gasteiger partial charge in [-0.2, -0.15) is 0 Å². The third-order valence-corrected chi connectivity index (χ3v) is 1.46. The van der Waals surface area contributed by atoms with Gasteiger partial charge in [-0.1, -0.05) is 5.92 Å². The molecule has 4 nitrogen and oxygen atoms in total. The largest absolute Gasteiger partial charge is 0.397 e. The maximum absolute atomic E-state index is 10.3. The fourth-order valence-electron chi connectivity index (χ4n) is 0.752. The second-order valence-corrected chi connectivity index (χ2v) is 2.51. The standard InChI is InChI=1S/C9H9N3O/c1-6-8(10)4-7(5-12-6)2-3-9(11)13/h4-5H,10H2,1H3,(H2,11,13). The molecule has 0 saturated heterocycles. The number of aryl methyl sites for hydroxylation is 1. The summed E-state index contributed by atoms with van der Waals surface area (Å²) in [4.78, 5) is 14.3. The number of nitrogens with two attached hydrogens (primary N) is 2. The first-order chi connectivity index (χ1) is 6.09. The van der Waals surface area contributed by atoms with Gasteiger partial charge < -0.3 is 11.5 Å². The van der Waals surface area contributed by atoms with E-state index in [0.29, 0.717) is 11.3 Å². The number of carbonyl (C=O) groups is 1. The van der Waals surface area contributed by atoms with E-state index in [-0.39, 0.29) is 0 Å². The number of hydrogen-bond donors (Lipinski definition) is 2. The highest BCUT2D eigenvalue weighted by molar-refractivity contribution is 5.92. The summed E-state index contributed by atoms with van der Waals surface area (Å²) < 4.78 is 0. The van der Waals surface area contributed by atoms with E-state index >= 15 is 0 Å². The number of anilines is 1. The van der Waals surface area contributed by atoms with Crippen molar-refractivity contribution in [1.29, 1.82) is 0 Å². The Morgan fingerprint density at radius 3 is 2.85 bits per heavy atom. The average Bonchev–Trinajstić information content (AvgIpc) is 2.07. The van der Waals surface area contributed by atoms with Gasteiger partial charge in [0.15, 0.2) is 0 Å². The maximum Gasteiger partial charge on any atom is 0.293 e. The van der Waals surface area contributed by atoms with Gasteiger partial charge in [-0.05, 0) is 13.0 Å². The van der Waals surface area contributed by atoms with Crippen molar-refractivity contribution in [3.63, 3.8) is 0 Å². The Morgan fingerprint density at radius 2 is 2.31 bits per heavy atom. The Kier molecular flexibility index (Phi) is 2.50. The van der Waals surface area contributed by atoms with Crippen LogP contribution < -0.4 is 11.5 Å². The molecule has 0 unspecified atom stereocenters. The van der Waals surface area contributed by atoms with E-state index in [1.54, 1.807) is 19.2 Å². The molecule has 1 aromatic heterocycles. The quantitative estimate of drug-likeness (QED) is 0.536. The molecule has 0 spiro atoms. The molecular weight excluding hydrogens is 166 g/mol. The van der Waals surface area contributed by atoms with Crippen LogP contribution in [0.1, 0.15) is 11.3 Å². The second kappa shape index (κ2) is 3.59. The predicted octanol–water partition coefficient (Wildman–Crippen LogP) is -0.191. The van der Waals surface area contributed by atoms with Gasteiger partial charge in [-0.25, -0.2) is 0 Å². The number of nitrogen functional groups attached to an aromatic ring is 1. The van der Waals surface area contributed by atoms with Crippen LogP contribution in [0, 0.1) is 18.8 Å². The van der Waals surface area contributed by atoms with Crippen molar-refractivity contribution in [2.45, 2.75) is 6.92 Å². The summed E-state index contributed by atoms with van der Waals surface area (Å²) in [6, 6.07) is 1.65. The molecule has 0 bridgehead atoms. The molecule has 1 heterocycles. The third-order valence-electron chi connectivity index (χ3n) is 1.46. The van der Waals surface area contributed by atoms with E-state index in [2.05, 4.69) is 16.8 Å². The third kappa shape index (κ3) is 2.49. The SMILES string of the molecule is Cc1ncc(C#CC(N)=O)cc1N. The molecule has 0 aliphatic rings. The smallest absolute Gasteiger partial charge is 0.293 e. The van der Waals surface area contributed by atoms with Gasteiger partial charge in [-0.15, -0.1) is 0 Å². The van der Waals surface area contributed by atoms with Crippen molar-refractivity contribution < 1.29 is 4.79 Å². The fraction of sp³-hybridized carbons (Fsp3) is 0.111. The van der Waals surface area contributed by atoms with Crippen LogP contribution in [0.5, 0.6) is 0 Å². The topological polar surface area (TPSA) is 82.0 Å². The molecule has 66 valence electrons. The van der Waals surface area contributed by atoms with Crippen molar-refractivity contribution in [1.82, 2.24) is 4.98 Å². The zero-order chi connectivity index (χ0) is 9.84. The van der Waals surface area contributed by atoms with Gasteiger partial charge in [0.05, 0.1) is 11.4 Å². The van der Waals surface area contributed by atoms with Gasteiger partial charge in [0, 0.05) is 17.7 Å². The number of primary amides is 1. The summed E-state index contributed by atoms with van der Waals surface area (Å²) in [5.74, 6) is 4.08. The van der Waals surface area contributed by atoms with Gasteiger partial charge in [0.25, 0.3) is 5.91 Å². The second-order valence-electron chi connectivity index (χ2n) is 2.51. The van der Waals surface area contributed by atoms with Crippen molar-refractivity contribution in [3.8, 4) is 11.8 Å². The molecule has 0 aliphatic carbocycles.